The van der Waals surface area contributed by atoms with Crippen molar-refractivity contribution in [3.63, 3.8) is 0 Å². The third-order valence-electron chi connectivity index (χ3n) is 3.29. The van der Waals surface area contributed by atoms with Gasteiger partial charge in [-0.1, -0.05) is 65.4 Å². The zero-order valence-electron chi connectivity index (χ0n) is 12.5. The van der Waals surface area contributed by atoms with E-state index in [2.05, 4.69) is 21.2 Å². The molecule has 2 aromatic carbocycles. The maximum atomic E-state index is 11.7. The second-order valence-corrected chi connectivity index (χ2v) is 8.43. The molecule has 0 spiro atoms. The average Bonchev–Trinajstić information content (AvgIpc) is 2.85. The fourth-order valence-corrected chi connectivity index (χ4v) is 4.36. The van der Waals surface area contributed by atoms with Gasteiger partial charge in [-0.3, -0.25) is 4.79 Å². The molecule has 1 aliphatic rings. The number of nitrogens with one attached hydrogen (secondary N) is 1. The van der Waals surface area contributed by atoms with E-state index in [-0.39, 0.29) is 5.91 Å². The minimum atomic E-state index is -0.207. The number of hydrogen-bond donors (Lipinski definition) is 1. The van der Waals surface area contributed by atoms with Crippen LogP contribution in [0.5, 0.6) is 5.75 Å². The Bertz CT molecular complexity index is 879. The molecule has 3 rings (SSSR count). The van der Waals surface area contributed by atoms with Gasteiger partial charge in [0.2, 0.25) is 0 Å². The van der Waals surface area contributed by atoms with E-state index in [1.165, 1.54) is 11.8 Å². The van der Waals surface area contributed by atoms with Crippen LogP contribution in [0.3, 0.4) is 0 Å². The summed E-state index contributed by atoms with van der Waals surface area (Å²) in [4.78, 5) is 12.3. The summed E-state index contributed by atoms with van der Waals surface area (Å²) in [5.74, 6) is 0.309. The van der Waals surface area contributed by atoms with Gasteiger partial charge >= 0.3 is 0 Å². The third kappa shape index (κ3) is 4.57. The Balaban J connectivity index is 1.81. The highest BCUT2D eigenvalue weighted by atomic mass is 79.9. The fourth-order valence-electron chi connectivity index (χ4n) is 2.14. The molecule has 25 heavy (non-hydrogen) atoms. The van der Waals surface area contributed by atoms with Crippen LogP contribution in [0.4, 0.5) is 0 Å². The molecule has 1 heterocycles. The minimum absolute atomic E-state index is 0.207. The Morgan fingerprint density at radius 1 is 1.24 bits per heavy atom. The molecule has 0 aliphatic carbocycles. The number of carbonyl (C=O) groups excluding carboxylic acids is 1. The highest BCUT2D eigenvalue weighted by Gasteiger charge is 2.22. The van der Waals surface area contributed by atoms with Crippen LogP contribution in [0, 0.1) is 0 Å². The Morgan fingerprint density at radius 2 is 2.00 bits per heavy atom. The first-order chi connectivity index (χ1) is 11.9. The number of ether oxygens (including phenoxy) is 1. The number of hydrogen-bond acceptors (Lipinski definition) is 4. The highest BCUT2D eigenvalue weighted by molar-refractivity contribution is 9.10. The predicted molar refractivity (Wildman–Crippen MR) is 111 cm³/mol. The summed E-state index contributed by atoms with van der Waals surface area (Å²) in [5, 5.41) is 3.64. The van der Waals surface area contributed by atoms with Crippen molar-refractivity contribution < 1.29 is 9.53 Å². The topological polar surface area (TPSA) is 38.3 Å². The zero-order chi connectivity index (χ0) is 18.0. The molecule has 1 amide bonds. The van der Waals surface area contributed by atoms with Crippen molar-refractivity contribution in [2.75, 3.05) is 0 Å². The molecule has 0 radical (unpaired) electrons. The van der Waals surface area contributed by atoms with Crippen LogP contribution in [-0.2, 0) is 11.4 Å². The fraction of sp³-hybridized carbons (Fsp3) is 0.0588. The van der Waals surface area contributed by atoms with Crippen molar-refractivity contribution in [1.82, 2.24) is 5.32 Å². The van der Waals surface area contributed by atoms with Gasteiger partial charge in [-0.15, -0.1) is 0 Å². The van der Waals surface area contributed by atoms with Gasteiger partial charge in [-0.05, 0) is 45.8 Å². The Labute approximate surface area is 172 Å². The lowest BCUT2D eigenvalue weighted by Gasteiger charge is -2.12. The number of amides is 1. The molecule has 8 heteroatoms. The Hall–Kier alpha value is -1.05. The van der Waals surface area contributed by atoms with Crippen LogP contribution in [0.1, 0.15) is 11.1 Å². The summed E-state index contributed by atoms with van der Waals surface area (Å²) in [6, 6.07) is 11.0. The van der Waals surface area contributed by atoms with Crippen molar-refractivity contribution in [3.8, 4) is 5.75 Å². The van der Waals surface area contributed by atoms with E-state index in [4.69, 9.17) is 40.2 Å². The standard InChI is InChI=1S/C17H10BrCl2NO2S2/c18-11-5-9(7-14-16(22)21-17(24)25-14)6-13(20)15(11)23-8-10-3-1-2-4-12(10)19/h1-7H,8H2,(H,21,22,24)/b14-7-. The highest BCUT2D eigenvalue weighted by Crippen LogP contribution is 2.37. The van der Waals surface area contributed by atoms with Gasteiger partial charge in [0.25, 0.3) is 5.91 Å². The maximum Gasteiger partial charge on any atom is 0.263 e. The number of rotatable bonds is 4. The van der Waals surface area contributed by atoms with Gasteiger partial charge in [-0.2, -0.15) is 0 Å². The van der Waals surface area contributed by atoms with Crippen LogP contribution in [0.25, 0.3) is 6.08 Å². The van der Waals surface area contributed by atoms with Crippen molar-refractivity contribution in [2.45, 2.75) is 6.61 Å². The lowest BCUT2D eigenvalue weighted by atomic mass is 10.2. The number of thioether (sulfide) groups is 1. The summed E-state index contributed by atoms with van der Waals surface area (Å²) < 4.78 is 6.94. The molecule has 0 atom stereocenters. The average molecular weight is 475 g/mol. The second kappa shape index (κ2) is 8.10. The molecule has 0 saturated carbocycles. The van der Waals surface area contributed by atoms with Gasteiger partial charge in [0, 0.05) is 10.6 Å². The van der Waals surface area contributed by atoms with Gasteiger partial charge in [-0.25, -0.2) is 0 Å². The SMILES string of the molecule is O=C1NC(=S)S/C1=C\c1cc(Cl)c(OCc2ccccc2Cl)c(Br)c1. The first-order valence-electron chi connectivity index (χ1n) is 7.04. The number of thiocarbonyl (C=S) groups is 1. The van der Waals surface area contributed by atoms with Crippen molar-refractivity contribution in [1.29, 1.82) is 0 Å². The van der Waals surface area contributed by atoms with Gasteiger partial charge in [0.15, 0.2) is 5.75 Å². The smallest absolute Gasteiger partial charge is 0.263 e. The summed E-state index contributed by atoms with van der Waals surface area (Å²) in [5.41, 5.74) is 1.63. The number of benzene rings is 2. The van der Waals surface area contributed by atoms with Gasteiger partial charge in [0.1, 0.15) is 10.9 Å². The number of halogens is 3. The van der Waals surface area contributed by atoms with Crippen LogP contribution in [-0.4, -0.2) is 10.2 Å². The normalized spacial score (nSPS) is 15.6. The molecule has 3 nitrogen and oxygen atoms in total. The molecule has 0 bridgehead atoms. The van der Waals surface area contributed by atoms with E-state index < -0.39 is 0 Å². The number of carbonyl (C=O) groups is 1. The molecule has 1 saturated heterocycles. The van der Waals surface area contributed by atoms with Gasteiger partial charge in [0.05, 0.1) is 14.4 Å². The molecule has 2 aromatic rings. The quantitative estimate of drug-likeness (QED) is 0.447. The molecule has 0 aromatic heterocycles. The van der Waals surface area contributed by atoms with Crippen LogP contribution >= 0.6 is 63.1 Å². The van der Waals surface area contributed by atoms with E-state index >= 15 is 0 Å². The summed E-state index contributed by atoms with van der Waals surface area (Å²) >= 11 is 22.1. The zero-order valence-corrected chi connectivity index (χ0v) is 17.2. The minimum Gasteiger partial charge on any atom is -0.486 e. The van der Waals surface area contributed by atoms with E-state index in [1.807, 2.05) is 24.3 Å². The van der Waals surface area contributed by atoms with E-state index in [9.17, 15) is 4.79 Å². The van der Waals surface area contributed by atoms with Crippen LogP contribution < -0.4 is 10.1 Å². The molecular formula is C17H10BrCl2NO2S2. The van der Waals surface area contributed by atoms with E-state index in [1.54, 1.807) is 18.2 Å². The largest absolute Gasteiger partial charge is 0.486 e. The third-order valence-corrected chi connectivity index (χ3v) is 5.69. The van der Waals surface area contributed by atoms with E-state index in [0.717, 1.165) is 11.1 Å². The monoisotopic (exact) mass is 473 g/mol. The molecule has 1 N–H and O–H groups in total. The first-order valence-corrected chi connectivity index (χ1v) is 9.81. The molecule has 0 unspecified atom stereocenters. The molecule has 128 valence electrons. The molecular weight excluding hydrogens is 465 g/mol. The second-order valence-electron chi connectivity index (χ2n) is 5.05. The summed E-state index contributed by atoms with van der Waals surface area (Å²) in [6.07, 6.45) is 1.73. The molecule has 1 aliphatic heterocycles. The van der Waals surface area contributed by atoms with Crippen molar-refractivity contribution >= 4 is 79.4 Å². The predicted octanol–water partition coefficient (Wildman–Crippen LogP) is 5.82. The lowest BCUT2D eigenvalue weighted by Crippen LogP contribution is -2.17. The summed E-state index contributed by atoms with van der Waals surface area (Å²) in [6.45, 7) is 0.297. The first kappa shape index (κ1) is 18.7. The van der Waals surface area contributed by atoms with Crippen LogP contribution in [0.15, 0.2) is 45.8 Å². The van der Waals surface area contributed by atoms with Gasteiger partial charge < -0.3 is 10.1 Å². The Morgan fingerprint density at radius 3 is 2.64 bits per heavy atom. The Kier molecular flexibility index (Phi) is 6.07. The summed E-state index contributed by atoms with van der Waals surface area (Å²) in [7, 11) is 0. The molecule has 1 fully saturated rings. The van der Waals surface area contributed by atoms with Crippen molar-refractivity contribution in [2.24, 2.45) is 0 Å². The lowest BCUT2D eigenvalue weighted by molar-refractivity contribution is -0.115. The van der Waals surface area contributed by atoms with Crippen molar-refractivity contribution in [3.05, 3.63) is 66.9 Å². The maximum absolute atomic E-state index is 11.7. The van der Waals surface area contributed by atoms with E-state index in [0.29, 0.717) is 36.1 Å². The van der Waals surface area contributed by atoms with Crippen LogP contribution in [0.2, 0.25) is 10.0 Å².